The third-order valence-corrected chi connectivity index (χ3v) is 2.80. The number of carbonyl (C=O) groups is 4. The Morgan fingerprint density at radius 1 is 1.05 bits per heavy atom. The molecule has 0 saturated heterocycles. The average Bonchev–Trinajstić information content (AvgIpc) is 2.41. The Morgan fingerprint density at radius 2 is 1.62 bits per heavy atom. The molecule has 0 spiro atoms. The van der Waals surface area contributed by atoms with Gasteiger partial charge >= 0.3 is 5.97 Å². The highest BCUT2D eigenvalue weighted by atomic mass is 16.5. The monoisotopic (exact) mass is 301 g/mol. The van der Waals surface area contributed by atoms with Crippen molar-refractivity contribution >= 4 is 23.7 Å². The van der Waals surface area contributed by atoms with Gasteiger partial charge in [0.1, 0.15) is 12.1 Å². The molecule has 2 atom stereocenters. The third kappa shape index (κ3) is 7.28. The predicted molar refractivity (Wildman–Crippen MR) is 74.8 cm³/mol. The summed E-state index contributed by atoms with van der Waals surface area (Å²) in [6.45, 7) is 4.89. The van der Waals surface area contributed by atoms with Crippen molar-refractivity contribution in [3.63, 3.8) is 0 Å². The number of hydrogen-bond acceptors (Lipinski definition) is 5. The Labute approximate surface area is 123 Å². The summed E-state index contributed by atoms with van der Waals surface area (Å²) in [6.07, 6.45) is -0.00425. The molecular formula is C13H23N3O5. The lowest BCUT2D eigenvalue weighted by Gasteiger charge is -2.19. The van der Waals surface area contributed by atoms with E-state index in [0.29, 0.717) is 0 Å². The number of carbonyl (C=O) groups excluding carboxylic acids is 4. The highest BCUT2D eigenvalue weighted by Crippen LogP contribution is 2.00. The van der Waals surface area contributed by atoms with E-state index in [4.69, 9.17) is 5.73 Å². The molecule has 3 amide bonds. The van der Waals surface area contributed by atoms with Gasteiger partial charge in [0.05, 0.1) is 7.11 Å². The van der Waals surface area contributed by atoms with Gasteiger partial charge in [-0.05, 0) is 13.3 Å². The van der Waals surface area contributed by atoms with Crippen LogP contribution in [0.2, 0.25) is 0 Å². The van der Waals surface area contributed by atoms with Crippen LogP contribution in [-0.2, 0) is 23.9 Å². The number of hydrogen-bond donors (Lipinski definition) is 3. The largest absolute Gasteiger partial charge is 0.469 e. The second-order valence-corrected chi connectivity index (χ2v) is 4.96. The van der Waals surface area contributed by atoms with E-state index in [0.717, 1.165) is 0 Å². The fourth-order valence-corrected chi connectivity index (χ4v) is 1.39. The SMILES string of the molecule is COC(=O)CC[C@@H](NC(=O)[C@H](C)NC(=O)C(C)C)C(N)=O. The van der Waals surface area contributed by atoms with Crippen LogP contribution in [0.5, 0.6) is 0 Å². The Morgan fingerprint density at radius 3 is 2.05 bits per heavy atom. The lowest BCUT2D eigenvalue weighted by Crippen LogP contribution is -2.52. The smallest absolute Gasteiger partial charge is 0.305 e. The van der Waals surface area contributed by atoms with Crippen molar-refractivity contribution in [3.8, 4) is 0 Å². The van der Waals surface area contributed by atoms with E-state index in [9.17, 15) is 19.2 Å². The first-order valence-corrected chi connectivity index (χ1v) is 6.65. The molecule has 0 saturated carbocycles. The minimum Gasteiger partial charge on any atom is -0.469 e. The second kappa shape index (κ2) is 8.93. The van der Waals surface area contributed by atoms with Gasteiger partial charge < -0.3 is 21.1 Å². The minimum atomic E-state index is -0.991. The molecule has 0 aliphatic rings. The zero-order valence-electron chi connectivity index (χ0n) is 12.8. The lowest BCUT2D eigenvalue weighted by atomic mass is 10.1. The maximum atomic E-state index is 11.9. The van der Waals surface area contributed by atoms with Gasteiger partial charge in [0.15, 0.2) is 0 Å². The first-order chi connectivity index (χ1) is 9.68. The molecule has 0 rings (SSSR count). The topological polar surface area (TPSA) is 128 Å². The molecule has 0 bridgehead atoms. The van der Waals surface area contributed by atoms with Gasteiger partial charge in [-0.2, -0.15) is 0 Å². The standard InChI is InChI=1S/C13H23N3O5/c1-7(2)12(19)15-8(3)13(20)16-9(11(14)18)5-6-10(17)21-4/h7-9H,5-6H2,1-4H3,(H2,14,18)(H,15,19)(H,16,20)/t8-,9+/m0/s1. The highest BCUT2D eigenvalue weighted by Gasteiger charge is 2.23. The predicted octanol–water partition coefficient (Wildman–Crippen LogP) is -0.930. The van der Waals surface area contributed by atoms with Crippen molar-refractivity contribution in [1.29, 1.82) is 0 Å². The van der Waals surface area contributed by atoms with Gasteiger partial charge in [0, 0.05) is 12.3 Å². The lowest BCUT2D eigenvalue weighted by molar-refractivity contribution is -0.141. The van der Waals surface area contributed by atoms with E-state index in [1.807, 2.05) is 0 Å². The third-order valence-electron chi connectivity index (χ3n) is 2.80. The molecule has 0 radical (unpaired) electrons. The van der Waals surface area contributed by atoms with Gasteiger partial charge in [-0.25, -0.2) is 0 Å². The molecule has 0 unspecified atom stereocenters. The number of ether oxygens (including phenoxy) is 1. The summed E-state index contributed by atoms with van der Waals surface area (Å²) in [5.41, 5.74) is 5.17. The van der Waals surface area contributed by atoms with Gasteiger partial charge in [-0.15, -0.1) is 0 Å². The summed E-state index contributed by atoms with van der Waals surface area (Å²) in [5.74, 6) is -2.33. The van der Waals surface area contributed by atoms with Crippen molar-refractivity contribution in [2.75, 3.05) is 7.11 Å². The van der Waals surface area contributed by atoms with Gasteiger partial charge in [-0.3, -0.25) is 19.2 Å². The molecule has 120 valence electrons. The molecule has 0 fully saturated rings. The number of primary amides is 1. The van der Waals surface area contributed by atoms with Gasteiger partial charge in [0.2, 0.25) is 17.7 Å². The molecule has 0 aromatic heterocycles. The van der Waals surface area contributed by atoms with Crippen molar-refractivity contribution < 1.29 is 23.9 Å². The van der Waals surface area contributed by atoms with Crippen LogP contribution in [0.15, 0.2) is 0 Å². The number of nitrogens with one attached hydrogen (secondary N) is 2. The van der Waals surface area contributed by atoms with E-state index in [1.54, 1.807) is 13.8 Å². The zero-order valence-corrected chi connectivity index (χ0v) is 12.8. The number of methoxy groups -OCH3 is 1. The maximum absolute atomic E-state index is 11.9. The molecule has 0 aliphatic heterocycles. The first kappa shape index (κ1) is 18.9. The molecule has 8 nitrogen and oxygen atoms in total. The summed E-state index contributed by atoms with van der Waals surface area (Å²) in [6, 6.07) is -1.80. The zero-order chi connectivity index (χ0) is 16.6. The van der Waals surface area contributed by atoms with E-state index in [1.165, 1.54) is 14.0 Å². The van der Waals surface area contributed by atoms with Crippen LogP contribution in [0.1, 0.15) is 33.6 Å². The molecule has 0 aliphatic carbocycles. The fourth-order valence-electron chi connectivity index (χ4n) is 1.39. The summed E-state index contributed by atoms with van der Waals surface area (Å²) in [7, 11) is 1.23. The second-order valence-electron chi connectivity index (χ2n) is 4.96. The number of esters is 1. The first-order valence-electron chi connectivity index (χ1n) is 6.65. The van der Waals surface area contributed by atoms with Crippen LogP contribution in [-0.4, -0.2) is 42.9 Å². The van der Waals surface area contributed by atoms with E-state index < -0.39 is 29.9 Å². The van der Waals surface area contributed by atoms with E-state index >= 15 is 0 Å². The normalized spacial score (nSPS) is 13.2. The van der Waals surface area contributed by atoms with Gasteiger partial charge in [0.25, 0.3) is 0 Å². The number of rotatable bonds is 8. The van der Waals surface area contributed by atoms with Crippen LogP contribution >= 0.6 is 0 Å². The van der Waals surface area contributed by atoms with Crippen molar-refractivity contribution in [1.82, 2.24) is 10.6 Å². The Kier molecular flexibility index (Phi) is 8.03. The summed E-state index contributed by atoms with van der Waals surface area (Å²) in [4.78, 5) is 45.7. The molecule has 4 N–H and O–H groups in total. The van der Waals surface area contributed by atoms with Crippen LogP contribution in [0, 0.1) is 5.92 Å². The van der Waals surface area contributed by atoms with Crippen molar-refractivity contribution in [3.05, 3.63) is 0 Å². The molecular weight excluding hydrogens is 278 g/mol. The van der Waals surface area contributed by atoms with Crippen LogP contribution < -0.4 is 16.4 Å². The molecule has 0 heterocycles. The van der Waals surface area contributed by atoms with Gasteiger partial charge in [-0.1, -0.05) is 13.8 Å². The number of nitrogens with two attached hydrogens (primary N) is 1. The molecule has 8 heteroatoms. The molecule has 21 heavy (non-hydrogen) atoms. The Bertz CT molecular complexity index is 409. The fraction of sp³-hybridized carbons (Fsp3) is 0.692. The van der Waals surface area contributed by atoms with E-state index in [2.05, 4.69) is 15.4 Å². The van der Waals surface area contributed by atoms with Crippen LogP contribution in [0.3, 0.4) is 0 Å². The molecule has 0 aromatic rings. The van der Waals surface area contributed by atoms with Crippen LogP contribution in [0.25, 0.3) is 0 Å². The number of amides is 3. The quantitative estimate of drug-likeness (QED) is 0.499. The van der Waals surface area contributed by atoms with Crippen molar-refractivity contribution in [2.24, 2.45) is 11.7 Å². The summed E-state index contributed by atoms with van der Waals surface area (Å²) >= 11 is 0. The summed E-state index contributed by atoms with van der Waals surface area (Å²) < 4.78 is 4.45. The van der Waals surface area contributed by atoms with E-state index in [-0.39, 0.29) is 24.7 Å². The minimum absolute atomic E-state index is 0.0403. The summed E-state index contributed by atoms with van der Waals surface area (Å²) in [5, 5.41) is 4.91. The Hall–Kier alpha value is -2.12. The van der Waals surface area contributed by atoms with Crippen molar-refractivity contribution in [2.45, 2.75) is 45.7 Å². The Balaban J connectivity index is 4.50. The highest BCUT2D eigenvalue weighted by molar-refractivity contribution is 5.91. The van der Waals surface area contributed by atoms with Crippen LogP contribution in [0.4, 0.5) is 0 Å². The molecule has 0 aromatic carbocycles. The average molecular weight is 301 g/mol. The maximum Gasteiger partial charge on any atom is 0.305 e.